The minimum Gasteiger partial charge on any atom is -0.454 e. The van der Waals surface area contributed by atoms with Gasteiger partial charge in [-0.2, -0.15) is 0 Å². The summed E-state index contributed by atoms with van der Waals surface area (Å²) in [6, 6.07) is 12.0. The lowest BCUT2D eigenvalue weighted by Gasteiger charge is -2.08. The molecule has 0 aromatic heterocycles. The van der Waals surface area contributed by atoms with Gasteiger partial charge in [-0.25, -0.2) is 13.6 Å². The summed E-state index contributed by atoms with van der Waals surface area (Å²) in [5.74, 6) is 1.45. The second kappa shape index (κ2) is 5.27. The predicted molar refractivity (Wildman–Crippen MR) is 77.7 cm³/mol. The molecule has 1 aliphatic heterocycles. The van der Waals surface area contributed by atoms with E-state index in [0.717, 1.165) is 11.3 Å². The maximum Gasteiger partial charge on any atom is 0.238 e. The molecule has 2 aromatic rings. The van der Waals surface area contributed by atoms with Gasteiger partial charge in [0.15, 0.2) is 11.5 Å². The van der Waals surface area contributed by atoms with Gasteiger partial charge < -0.3 is 14.8 Å². The highest BCUT2D eigenvalue weighted by Gasteiger charge is 2.13. The number of ether oxygens (including phenoxy) is 2. The lowest BCUT2D eigenvalue weighted by atomic mass is 10.2. The number of anilines is 1. The molecule has 7 heteroatoms. The molecule has 21 heavy (non-hydrogen) atoms. The van der Waals surface area contributed by atoms with Crippen LogP contribution in [0.5, 0.6) is 11.5 Å². The van der Waals surface area contributed by atoms with Gasteiger partial charge in [0.1, 0.15) is 0 Å². The smallest absolute Gasteiger partial charge is 0.238 e. The number of primary sulfonamides is 1. The van der Waals surface area contributed by atoms with Gasteiger partial charge in [0, 0.05) is 12.2 Å². The number of fused-ring (bicyclic) bond motifs is 1. The number of hydrogen-bond acceptors (Lipinski definition) is 5. The highest BCUT2D eigenvalue weighted by atomic mass is 32.2. The zero-order chi connectivity index (χ0) is 14.9. The summed E-state index contributed by atoms with van der Waals surface area (Å²) in [6.07, 6.45) is 0. The molecule has 3 N–H and O–H groups in total. The van der Waals surface area contributed by atoms with Crippen molar-refractivity contribution < 1.29 is 17.9 Å². The van der Waals surface area contributed by atoms with Crippen LogP contribution in [0.1, 0.15) is 5.56 Å². The maximum absolute atomic E-state index is 11.3. The van der Waals surface area contributed by atoms with Crippen molar-refractivity contribution in [2.24, 2.45) is 5.14 Å². The molecule has 0 saturated heterocycles. The molecule has 6 nitrogen and oxygen atoms in total. The Balaban J connectivity index is 1.73. The number of nitrogens with two attached hydrogens (primary N) is 1. The Morgan fingerprint density at radius 2 is 1.90 bits per heavy atom. The molecule has 0 atom stereocenters. The molecule has 0 amide bonds. The van der Waals surface area contributed by atoms with E-state index in [2.05, 4.69) is 5.32 Å². The van der Waals surface area contributed by atoms with Crippen LogP contribution in [0.15, 0.2) is 47.4 Å². The third-order valence-electron chi connectivity index (χ3n) is 3.10. The van der Waals surface area contributed by atoms with Crippen LogP contribution in [-0.4, -0.2) is 15.2 Å². The van der Waals surface area contributed by atoms with Crippen LogP contribution >= 0.6 is 0 Å². The Kier molecular flexibility index (Phi) is 3.44. The van der Waals surface area contributed by atoms with E-state index < -0.39 is 10.0 Å². The van der Waals surface area contributed by atoms with Crippen LogP contribution in [0.25, 0.3) is 0 Å². The zero-order valence-corrected chi connectivity index (χ0v) is 11.9. The Morgan fingerprint density at radius 3 is 2.71 bits per heavy atom. The Morgan fingerprint density at radius 1 is 1.10 bits per heavy atom. The van der Waals surface area contributed by atoms with Gasteiger partial charge in [0.2, 0.25) is 16.8 Å². The molecule has 0 fully saturated rings. The first-order valence-electron chi connectivity index (χ1n) is 6.28. The summed E-state index contributed by atoms with van der Waals surface area (Å²) in [5, 5.41) is 8.26. The van der Waals surface area contributed by atoms with Crippen molar-refractivity contribution in [2.75, 3.05) is 12.1 Å². The first-order chi connectivity index (χ1) is 10.0. The van der Waals surface area contributed by atoms with Crippen LogP contribution < -0.4 is 19.9 Å². The lowest BCUT2D eigenvalue weighted by molar-refractivity contribution is 0.174. The molecule has 3 rings (SSSR count). The van der Waals surface area contributed by atoms with Gasteiger partial charge >= 0.3 is 0 Å². The van der Waals surface area contributed by atoms with Crippen molar-refractivity contribution in [3.8, 4) is 11.5 Å². The molecule has 0 radical (unpaired) electrons. The fraction of sp³-hybridized carbons (Fsp3) is 0.143. The molecule has 1 aliphatic rings. The maximum atomic E-state index is 11.3. The van der Waals surface area contributed by atoms with E-state index in [9.17, 15) is 8.42 Å². The number of hydrogen-bond donors (Lipinski definition) is 2. The van der Waals surface area contributed by atoms with Gasteiger partial charge in [-0.05, 0) is 35.9 Å². The summed E-state index contributed by atoms with van der Waals surface area (Å²) in [6.45, 7) is 0.771. The monoisotopic (exact) mass is 306 g/mol. The minimum atomic E-state index is -3.69. The van der Waals surface area contributed by atoms with Gasteiger partial charge in [-0.1, -0.05) is 12.1 Å². The van der Waals surface area contributed by atoms with Crippen LogP contribution in [0.4, 0.5) is 5.69 Å². The molecule has 0 spiro atoms. The van der Waals surface area contributed by atoms with E-state index in [0.29, 0.717) is 18.0 Å². The SMILES string of the molecule is NS(=O)(=O)c1cccc(NCc2ccc3c(c2)OCO3)c1. The fourth-order valence-corrected chi connectivity index (χ4v) is 2.60. The van der Waals surface area contributed by atoms with Crippen molar-refractivity contribution in [3.63, 3.8) is 0 Å². The first kappa shape index (κ1) is 13.7. The Hall–Kier alpha value is -2.25. The average molecular weight is 306 g/mol. The molecular formula is C14H14N2O4S. The quantitative estimate of drug-likeness (QED) is 0.896. The molecule has 2 aromatic carbocycles. The summed E-state index contributed by atoms with van der Waals surface area (Å²) in [7, 11) is -3.69. The first-order valence-corrected chi connectivity index (χ1v) is 7.82. The topological polar surface area (TPSA) is 90.7 Å². The third kappa shape index (κ3) is 3.09. The Bertz CT molecular complexity index is 774. The fourth-order valence-electron chi connectivity index (χ4n) is 2.04. The highest BCUT2D eigenvalue weighted by molar-refractivity contribution is 7.89. The summed E-state index contributed by atoms with van der Waals surface area (Å²) >= 11 is 0. The van der Waals surface area contributed by atoms with Crippen LogP contribution in [0.2, 0.25) is 0 Å². The molecule has 1 heterocycles. The van der Waals surface area contributed by atoms with Gasteiger partial charge in [0.25, 0.3) is 0 Å². The number of sulfonamides is 1. The minimum absolute atomic E-state index is 0.0817. The van der Waals surface area contributed by atoms with Crippen molar-refractivity contribution in [2.45, 2.75) is 11.4 Å². The lowest BCUT2D eigenvalue weighted by Crippen LogP contribution is -2.12. The average Bonchev–Trinajstić information content (AvgIpc) is 2.92. The van der Waals surface area contributed by atoms with E-state index in [-0.39, 0.29) is 11.7 Å². The van der Waals surface area contributed by atoms with Gasteiger partial charge in [-0.3, -0.25) is 0 Å². The van der Waals surface area contributed by atoms with Crippen molar-refractivity contribution >= 4 is 15.7 Å². The molecule has 110 valence electrons. The van der Waals surface area contributed by atoms with Crippen molar-refractivity contribution in [1.82, 2.24) is 0 Å². The van der Waals surface area contributed by atoms with Gasteiger partial charge in [-0.15, -0.1) is 0 Å². The van der Waals surface area contributed by atoms with Crippen LogP contribution in [-0.2, 0) is 16.6 Å². The molecule has 0 bridgehead atoms. The standard InChI is InChI=1S/C14H14N2O4S/c15-21(17,18)12-3-1-2-11(7-12)16-8-10-4-5-13-14(6-10)20-9-19-13/h1-7,16H,8-9H2,(H2,15,17,18). The molecule has 0 aliphatic carbocycles. The Labute approximate surface area is 122 Å². The normalized spacial score (nSPS) is 13.2. The molecule has 0 unspecified atom stereocenters. The zero-order valence-electron chi connectivity index (χ0n) is 11.1. The number of nitrogens with one attached hydrogen (secondary N) is 1. The van der Waals surface area contributed by atoms with E-state index in [1.807, 2.05) is 18.2 Å². The van der Waals surface area contributed by atoms with Crippen LogP contribution in [0, 0.1) is 0 Å². The van der Waals surface area contributed by atoms with Gasteiger partial charge in [0.05, 0.1) is 4.90 Å². The van der Waals surface area contributed by atoms with E-state index in [4.69, 9.17) is 14.6 Å². The van der Waals surface area contributed by atoms with Crippen molar-refractivity contribution in [3.05, 3.63) is 48.0 Å². The molecular weight excluding hydrogens is 292 g/mol. The second-order valence-corrected chi connectivity index (χ2v) is 6.18. The molecule has 0 saturated carbocycles. The van der Waals surface area contributed by atoms with E-state index in [1.165, 1.54) is 12.1 Å². The largest absolute Gasteiger partial charge is 0.454 e. The number of benzene rings is 2. The highest BCUT2D eigenvalue weighted by Crippen LogP contribution is 2.32. The second-order valence-electron chi connectivity index (χ2n) is 4.61. The summed E-state index contributed by atoms with van der Waals surface area (Å²) < 4.78 is 33.2. The predicted octanol–water partition coefficient (Wildman–Crippen LogP) is 1.67. The number of rotatable bonds is 4. The van der Waals surface area contributed by atoms with Crippen molar-refractivity contribution in [1.29, 1.82) is 0 Å². The third-order valence-corrected chi connectivity index (χ3v) is 4.01. The van der Waals surface area contributed by atoms with E-state index >= 15 is 0 Å². The summed E-state index contributed by atoms with van der Waals surface area (Å²) in [4.78, 5) is 0.0817. The van der Waals surface area contributed by atoms with Crippen LogP contribution in [0.3, 0.4) is 0 Å². The summed E-state index contributed by atoms with van der Waals surface area (Å²) in [5.41, 5.74) is 1.68. The van der Waals surface area contributed by atoms with E-state index in [1.54, 1.807) is 12.1 Å².